The lowest BCUT2D eigenvalue weighted by atomic mass is 10.0. The summed E-state index contributed by atoms with van der Waals surface area (Å²) in [5, 5.41) is 0. The number of anilines is 1. The van der Waals surface area contributed by atoms with E-state index in [4.69, 9.17) is 4.74 Å². The molecule has 3 heterocycles. The Kier molecular flexibility index (Phi) is 6.17. The number of hydrogen-bond donors (Lipinski definition) is 0. The second kappa shape index (κ2) is 9.40. The molecule has 2 aromatic heterocycles. The summed E-state index contributed by atoms with van der Waals surface area (Å²) in [5.74, 6) is 0.0349. The number of Topliss-reactive ketones (excluding diaryl/α,β-unsaturated/α-hetero) is 1. The molecule has 2 aromatic carbocycles. The fraction of sp³-hybridized carbons (Fsp3) is 0.231. The van der Waals surface area contributed by atoms with Gasteiger partial charge in [-0.15, -0.1) is 0 Å². The van der Waals surface area contributed by atoms with Crippen LogP contribution >= 0.6 is 0 Å². The van der Waals surface area contributed by atoms with Crippen LogP contribution in [-0.2, 0) is 21.0 Å². The van der Waals surface area contributed by atoms with Gasteiger partial charge >= 0.3 is 0 Å². The number of rotatable bonds is 7. The van der Waals surface area contributed by atoms with Crippen LogP contribution < -0.4 is 4.90 Å². The van der Waals surface area contributed by atoms with E-state index in [0.29, 0.717) is 31.6 Å². The largest absolute Gasteiger partial charge is 0.378 e. The van der Waals surface area contributed by atoms with Gasteiger partial charge in [-0.25, -0.2) is 13.4 Å². The second-order valence-corrected chi connectivity index (χ2v) is 10.2. The molecule has 8 heteroatoms. The average Bonchev–Trinajstić information content (AvgIpc) is 3.36. The zero-order valence-electron chi connectivity index (χ0n) is 18.6. The van der Waals surface area contributed by atoms with Crippen molar-refractivity contribution in [3.8, 4) is 0 Å². The Morgan fingerprint density at radius 1 is 0.912 bits per heavy atom. The second-order valence-electron chi connectivity index (χ2n) is 8.27. The van der Waals surface area contributed by atoms with E-state index in [1.807, 2.05) is 22.6 Å². The van der Waals surface area contributed by atoms with Gasteiger partial charge in [-0.1, -0.05) is 12.1 Å². The molecule has 0 N–H and O–H groups in total. The van der Waals surface area contributed by atoms with Crippen LogP contribution in [0.25, 0.3) is 5.65 Å². The number of ether oxygens (including phenoxy) is 1. The number of fused-ring (bicyclic) bond motifs is 1. The topological polar surface area (TPSA) is 81.0 Å². The van der Waals surface area contributed by atoms with E-state index in [1.54, 1.807) is 61.1 Å². The third-order valence-electron chi connectivity index (χ3n) is 6.11. The van der Waals surface area contributed by atoms with Crippen LogP contribution in [0.5, 0.6) is 0 Å². The number of aromatic nitrogens is 2. The molecular weight excluding hydrogens is 450 g/mol. The van der Waals surface area contributed by atoms with Crippen molar-refractivity contribution in [3.05, 3.63) is 90.4 Å². The van der Waals surface area contributed by atoms with Gasteiger partial charge in [0.25, 0.3) is 0 Å². The van der Waals surface area contributed by atoms with Crippen LogP contribution in [0.3, 0.4) is 0 Å². The van der Waals surface area contributed by atoms with E-state index in [-0.39, 0.29) is 15.6 Å². The molecule has 0 amide bonds. The number of nitrogens with zero attached hydrogens (tertiary/aromatic N) is 3. The molecule has 0 aliphatic carbocycles. The van der Waals surface area contributed by atoms with E-state index >= 15 is 0 Å². The minimum absolute atomic E-state index is 0.0349. The van der Waals surface area contributed by atoms with Gasteiger partial charge in [-0.3, -0.25) is 4.79 Å². The maximum atomic E-state index is 13.1. The third-order valence-corrected chi connectivity index (χ3v) is 7.89. The highest BCUT2D eigenvalue weighted by atomic mass is 32.2. The van der Waals surface area contributed by atoms with Crippen LogP contribution in [0.2, 0.25) is 0 Å². The van der Waals surface area contributed by atoms with Gasteiger partial charge in [-0.05, 0) is 60.5 Å². The Balaban J connectivity index is 1.24. The van der Waals surface area contributed by atoms with Crippen molar-refractivity contribution < 1.29 is 17.9 Å². The average molecular weight is 476 g/mol. The number of imidazole rings is 1. The molecule has 4 aromatic rings. The molecule has 0 spiro atoms. The van der Waals surface area contributed by atoms with Crippen molar-refractivity contribution in [3.63, 3.8) is 0 Å². The molecule has 0 radical (unpaired) electrons. The predicted octanol–water partition coefficient (Wildman–Crippen LogP) is 3.82. The first kappa shape index (κ1) is 22.3. The summed E-state index contributed by atoms with van der Waals surface area (Å²) in [4.78, 5) is 19.5. The molecule has 1 aliphatic heterocycles. The first-order chi connectivity index (χ1) is 16.5. The molecule has 34 heavy (non-hydrogen) atoms. The molecule has 174 valence electrons. The molecule has 1 fully saturated rings. The Morgan fingerprint density at radius 3 is 2.29 bits per heavy atom. The summed E-state index contributed by atoms with van der Waals surface area (Å²) in [6.07, 6.45) is 6.16. The number of carbonyl (C=O) groups excluding carboxylic acids is 1. The number of ketones is 1. The van der Waals surface area contributed by atoms with Crippen molar-refractivity contribution in [2.45, 2.75) is 22.6 Å². The summed E-state index contributed by atoms with van der Waals surface area (Å²) in [6.45, 7) is 2.96. The summed E-state index contributed by atoms with van der Waals surface area (Å²) < 4.78 is 33.3. The van der Waals surface area contributed by atoms with Crippen molar-refractivity contribution in [2.24, 2.45) is 0 Å². The van der Waals surface area contributed by atoms with Gasteiger partial charge < -0.3 is 14.0 Å². The van der Waals surface area contributed by atoms with Gasteiger partial charge in [-0.2, -0.15) is 0 Å². The number of pyridine rings is 1. The molecule has 0 bridgehead atoms. The molecule has 0 unspecified atom stereocenters. The van der Waals surface area contributed by atoms with Gasteiger partial charge in [0, 0.05) is 49.4 Å². The highest BCUT2D eigenvalue weighted by molar-refractivity contribution is 7.91. The van der Waals surface area contributed by atoms with E-state index in [1.165, 1.54) is 0 Å². The monoisotopic (exact) mass is 475 g/mol. The predicted molar refractivity (Wildman–Crippen MR) is 129 cm³/mol. The number of morpholine rings is 1. The molecular formula is C26H25N3O4S. The molecule has 1 aliphatic rings. The van der Waals surface area contributed by atoms with Gasteiger partial charge in [0.2, 0.25) is 9.84 Å². The zero-order valence-corrected chi connectivity index (χ0v) is 19.4. The Hall–Kier alpha value is -3.49. The normalized spacial score (nSPS) is 14.4. The van der Waals surface area contributed by atoms with Crippen molar-refractivity contribution >= 4 is 27.0 Å². The van der Waals surface area contributed by atoms with E-state index < -0.39 is 9.84 Å². The van der Waals surface area contributed by atoms with Crippen molar-refractivity contribution in [1.29, 1.82) is 0 Å². The van der Waals surface area contributed by atoms with Crippen molar-refractivity contribution in [2.75, 3.05) is 31.2 Å². The quantitative estimate of drug-likeness (QED) is 0.378. The number of aryl methyl sites for hydroxylation is 1. The Labute approximate surface area is 198 Å². The molecule has 7 nitrogen and oxygen atoms in total. The fourth-order valence-electron chi connectivity index (χ4n) is 4.12. The summed E-state index contributed by atoms with van der Waals surface area (Å²) in [5.41, 5.74) is 3.34. The third kappa shape index (κ3) is 4.60. The number of carbonyl (C=O) groups is 1. The molecule has 0 saturated carbocycles. The molecule has 5 rings (SSSR count). The minimum Gasteiger partial charge on any atom is -0.378 e. The Morgan fingerprint density at radius 2 is 1.59 bits per heavy atom. The van der Waals surface area contributed by atoms with Crippen LogP contribution in [-0.4, -0.2) is 49.9 Å². The fourth-order valence-corrected chi connectivity index (χ4v) is 5.38. The van der Waals surface area contributed by atoms with Gasteiger partial charge in [0.05, 0.1) is 23.0 Å². The number of benzene rings is 2. The summed E-state index contributed by atoms with van der Waals surface area (Å²) in [6, 6.07) is 17.4. The lowest BCUT2D eigenvalue weighted by molar-refractivity contribution is 0.0982. The van der Waals surface area contributed by atoms with Crippen LogP contribution in [0.4, 0.5) is 5.69 Å². The van der Waals surface area contributed by atoms with Crippen molar-refractivity contribution in [1.82, 2.24) is 9.38 Å². The minimum atomic E-state index is -3.61. The standard InChI is InChI=1S/C26H25N3O4S/c30-25(21-4-12-26-27-13-14-29(26)19-21)11-3-20-1-7-23(8-2-20)34(31,32)24-9-5-22(6-10-24)28-15-17-33-18-16-28/h1-2,4-10,12-14,19H,3,11,15-18H2. The zero-order chi connectivity index (χ0) is 23.5. The highest BCUT2D eigenvalue weighted by Gasteiger charge is 2.19. The first-order valence-electron chi connectivity index (χ1n) is 11.2. The van der Waals surface area contributed by atoms with E-state index in [9.17, 15) is 13.2 Å². The van der Waals surface area contributed by atoms with Crippen LogP contribution in [0, 0.1) is 0 Å². The van der Waals surface area contributed by atoms with Crippen LogP contribution in [0.1, 0.15) is 22.3 Å². The SMILES string of the molecule is O=C(CCc1ccc(S(=O)(=O)c2ccc(N3CCOCC3)cc2)cc1)c1ccc2nccn2c1. The smallest absolute Gasteiger partial charge is 0.206 e. The lowest BCUT2D eigenvalue weighted by Crippen LogP contribution is -2.36. The summed E-state index contributed by atoms with van der Waals surface area (Å²) >= 11 is 0. The maximum absolute atomic E-state index is 13.1. The molecule has 1 saturated heterocycles. The maximum Gasteiger partial charge on any atom is 0.206 e. The van der Waals surface area contributed by atoms with E-state index in [0.717, 1.165) is 30.0 Å². The molecule has 0 atom stereocenters. The number of sulfone groups is 1. The highest BCUT2D eigenvalue weighted by Crippen LogP contribution is 2.25. The van der Waals surface area contributed by atoms with Gasteiger partial charge in [0.15, 0.2) is 5.78 Å². The lowest BCUT2D eigenvalue weighted by Gasteiger charge is -2.28. The summed E-state index contributed by atoms with van der Waals surface area (Å²) in [7, 11) is -3.61. The number of hydrogen-bond acceptors (Lipinski definition) is 6. The van der Waals surface area contributed by atoms with Crippen LogP contribution in [0.15, 0.2) is 89.0 Å². The Bertz CT molecular complexity index is 1400. The van der Waals surface area contributed by atoms with E-state index in [2.05, 4.69) is 9.88 Å². The first-order valence-corrected chi connectivity index (χ1v) is 12.7. The van der Waals surface area contributed by atoms with Gasteiger partial charge in [0.1, 0.15) is 5.65 Å².